The molecule has 0 spiro atoms. The normalized spacial score (nSPS) is 32.7. The Bertz CT molecular complexity index is 503. The van der Waals surface area contributed by atoms with Gasteiger partial charge < -0.3 is 15.7 Å². The Balaban J connectivity index is 1.70. The molecule has 2 unspecified atom stereocenters. The van der Waals surface area contributed by atoms with Crippen molar-refractivity contribution >= 4 is 5.91 Å². The van der Waals surface area contributed by atoms with Crippen molar-refractivity contribution in [2.75, 3.05) is 6.54 Å². The Morgan fingerprint density at radius 2 is 2.20 bits per heavy atom. The van der Waals surface area contributed by atoms with E-state index in [1.165, 1.54) is 0 Å². The first kappa shape index (κ1) is 13.6. The minimum absolute atomic E-state index is 0.0114. The minimum Gasteiger partial charge on any atom is -0.390 e. The molecule has 1 fully saturated rings. The van der Waals surface area contributed by atoms with Crippen molar-refractivity contribution in [2.45, 2.75) is 44.4 Å². The van der Waals surface area contributed by atoms with Gasteiger partial charge in [-0.25, -0.2) is 0 Å². The van der Waals surface area contributed by atoms with Gasteiger partial charge in [-0.3, -0.25) is 4.79 Å². The molecule has 20 heavy (non-hydrogen) atoms. The summed E-state index contributed by atoms with van der Waals surface area (Å²) >= 11 is 0. The number of aliphatic hydroxyl groups excluding tert-OH is 1. The summed E-state index contributed by atoms with van der Waals surface area (Å²) in [5, 5.41) is 16.5. The zero-order valence-corrected chi connectivity index (χ0v) is 11.8. The number of piperidine rings is 1. The van der Waals surface area contributed by atoms with Crippen LogP contribution in [0.25, 0.3) is 0 Å². The molecule has 1 heterocycles. The van der Waals surface area contributed by atoms with Crippen molar-refractivity contribution in [3.05, 3.63) is 35.4 Å². The number of nitrogens with one attached hydrogen (secondary N) is 2. The Labute approximate surface area is 119 Å². The smallest absolute Gasteiger partial charge is 0.237 e. The minimum atomic E-state index is -0.516. The van der Waals surface area contributed by atoms with E-state index in [9.17, 15) is 9.90 Å². The van der Waals surface area contributed by atoms with Gasteiger partial charge in [0, 0.05) is 6.42 Å². The van der Waals surface area contributed by atoms with Crippen molar-refractivity contribution in [1.82, 2.24) is 10.6 Å². The van der Waals surface area contributed by atoms with Crippen LogP contribution in [0.1, 0.15) is 36.9 Å². The fourth-order valence-electron chi connectivity index (χ4n) is 3.31. The number of fused-ring (bicyclic) bond motifs is 1. The molecule has 3 rings (SSSR count). The molecule has 0 bridgehead atoms. The predicted molar refractivity (Wildman–Crippen MR) is 77.2 cm³/mol. The highest BCUT2D eigenvalue weighted by molar-refractivity contribution is 5.82. The third-order valence-corrected chi connectivity index (χ3v) is 4.48. The van der Waals surface area contributed by atoms with Crippen LogP contribution >= 0.6 is 0 Å². The summed E-state index contributed by atoms with van der Waals surface area (Å²) in [6.45, 7) is 3.07. The van der Waals surface area contributed by atoms with Gasteiger partial charge in [0.15, 0.2) is 0 Å². The van der Waals surface area contributed by atoms with Gasteiger partial charge in [-0.15, -0.1) is 0 Å². The summed E-state index contributed by atoms with van der Waals surface area (Å²) in [5.41, 5.74) is 2.19. The quantitative estimate of drug-likeness (QED) is 0.758. The standard InChI is InChI=1S/C16H22N2O2/c1-10-6-7-17-13(8-10)16(20)18-15-12-5-3-2-4-11(12)9-14(15)19/h2-5,10,13-15,17,19H,6-9H2,1H3,(H,18,20)/t10?,13?,14-,15+/m1/s1. The molecule has 0 saturated carbocycles. The van der Waals surface area contributed by atoms with Crippen LogP contribution in [-0.2, 0) is 11.2 Å². The summed E-state index contributed by atoms with van der Waals surface area (Å²) < 4.78 is 0. The topological polar surface area (TPSA) is 61.4 Å². The van der Waals surface area contributed by atoms with E-state index in [2.05, 4.69) is 17.6 Å². The number of carbonyl (C=O) groups excluding carboxylic acids is 1. The Kier molecular flexibility index (Phi) is 3.76. The molecule has 1 aliphatic heterocycles. The van der Waals surface area contributed by atoms with E-state index in [1.807, 2.05) is 24.3 Å². The third-order valence-electron chi connectivity index (χ3n) is 4.48. The van der Waals surface area contributed by atoms with Crippen LogP contribution < -0.4 is 10.6 Å². The Hall–Kier alpha value is -1.39. The van der Waals surface area contributed by atoms with Crippen LogP contribution in [0, 0.1) is 5.92 Å². The van der Waals surface area contributed by atoms with E-state index in [0.29, 0.717) is 12.3 Å². The fourth-order valence-corrected chi connectivity index (χ4v) is 3.31. The number of hydrogen-bond donors (Lipinski definition) is 3. The van der Waals surface area contributed by atoms with Crippen molar-refractivity contribution in [1.29, 1.82) is 0 Å². The van der Waals surface area contributed by atoms with Crippen molar-refractivity contribution in [3.63, 3.8) is 0 Å². The van der Waals surface area contributed by atoms with E-state index in [0.717, 1.165) is 30.5 Å². The van der Waals surface area contributed by atoms with Gasteiger partial charge in [0.05, 0.1) is 18.2 Å². The van der Waals surface area contributed by atoms with Crippen LogP contribution in [0.15, 0.2) is 24.3 Å². The van der Waals surface area contributed by atoms with Crippen LogP contribution in [0.4, 0.5) is 0 Å². The molecule has 4 heteroatoms. The van der Waals surface area contributed by atoms with Crippen LogP contribution in [-0.4, -0.2) is 29.7 Å². The SMILES string of the molecule is CC1CCNC(C(=O)N[C@H]2c3ccccc3C[C@H]2O)C1. The van der Waals surface area contributed by atoms with Gasteiger partial charge >= 0.3 is 0 Å². The molecule has 4 atom stereocenters. The van der Waals surface area contributed by atoms with E-state index in [-0.39, 0.29) is 18.0 Å². The monoisotopic (exact) mass is 274 g/mol. The first-order valence-electron chi connectivity index (χ1n) is 7.45. The van der Waals surface area contributed by atoms with Crippen molar-refractivity contribution in [2.24, 2.45) is 5.92 Å². The van der Waals surface area contributed by atoms with Crippen LogP contribution in [0.5, 0.6) is 0 Å². The lowest BCUT2D eigenvalue weighted by molar-refractivity contribution is -0.125. The average molecular weight is 274 g/mol. The highest BCUT2D eigenvalue weighted by atomic mass is 16.3. The summed E-state index contributed by atoms with van der Waals surface area (Å²) in [6, 6.07) is 7.55. The number of benzene rings is 1. The molecule has 4 nitrogen and oxygen atoms in total. The zero-order chi connectivity index (χ0) is 14.1. The van der Waals surface area contributed by atoms with Crippen molar-refractivity contribution < 1.29 is 9.90 Å². The van der Waals surface area contributed by atoms with E-state index >= 15 is 0 Å². The molecule has 3 N–H and O–H groups in total. The first-order valence-corrected chi connectivity index (χ1v) is 7.45. The molecule has 1 saturated heterocycles. The molecule has 0 aromatic heterocycles. The lowest BCUT2D eigenvalue weighted by Gasteiger charge is -2.29. The van der Waals surface area contributed by atoms with Gasteiger partial charge in [-0.1, -0.05) is 31.2 Å². The highest BCUT2D eigenvalue weighted by Gasteiger charge is 2.34. The molecular formula is C16H22N2O2. The number of carbonyl (C=O) groups is 1. The van der Waals surface area contributed by atoms with Gasteiger partial charge in [0.2, 0.25) is 5.91 Å². The van der Waals surface area contributed by atoms with Gasteiger partial charge in [0.1, 0.15) is 0 Å². The first-order chi connectivity index (χ1) is 9.65. The van der Waals surface area contributed by atoms with Gasteiger partial charge in [0.25, 0.3) is 0 Å². The molecular weight excluding hydrogens is 252 g/mol. The maximum atomic E-state index is 12.4. The maximum Gasteiger partial charge on any atom is 0.237 e. The molecule has 1 aromatic carbocycles. The maximum absolute atomic E-state index is 12.4. The second-order valence-corrected chi connectivity index (χ2v) is 6.09. The fraction of sp³-hybridized carbons (Fsp3) is 0.562. The van der Waals surface area contributed by atoms with E-state index in [1.54, 1.807) is 0 Å². The largest absolute Gasteiger partial charge is 0.390 e. The molecule has 1 aromatic rings. The lowest BCUT2D eigenvalue weighted by atomic mass is 9.93. The highest BCUT2D eigenvalue weighted by Crippen LogP contribution is 2.31. The molecule has 108 valence electrons. The summed E-state index contributed by atoms with van der Waals surface area (Å²) in [7, 11) is 0. The summed E-state index contributed by atoms with van der Waals surface area (Å²) in [6.07, 6.45) is 2.10. The van der Waals surface area contributed by atoms with E-state index < -0.39 is 6.10 Å². The van der Waals surface area contributed by atoms with E-state index in [4.69, 9.17) is 0 Å². The summed E-state index contributed by atoms with van der Waals surface area (Å²) in [4.78, 5) is 12.4. The Morgan fingerprint density at radius 1 is 1.40 bits per heavy atom. The van der Waals surface area contributed by atoms with Gasteiger partial charge in [-0.05, 0) is 36.4 Å². The third kappa shape index (κ3) is 2.58. The van der Waals surface area contributed by atoms with Crippen molar-refractivity contribution in [3.8, 4) is 0 Å². The molecule has 0 radical (unpaired) electrons. The molecule has 1 amide bonds. The summed E-state index contributed by atoms with van der Waals surface area (Å²) in [5.74, 6) is 0.588. The second-order valence-electron chi connectivity index (χ2n) is 6.09. The lowest BCUT2D eigenvalue weighted by Crippen LogP contribution is -2.50. The molecule has 2 aliphatic rings. The predicted octanol–water partition coefficient (Wildman–Crippen LogP) is 1.15. The zero-order valence-electron chi connectivity index (χ0n) is 11.8. The Morgan fingerprint density at radius 3 is 3.00 bits per heavy atom. The number of hydrogen-bond acceptors (Lipinski definition) is 3. The van der Waals surface area contributed by atoms with Gasteiger partial charge in [-0.2, -0.15) is 0 Å². The number of amides is 1. The van der Waals surface area contributed by atoms with Crippen LogP contribution in [0.2, 0.25) is 0 Å². The number of aliphatic hydroxyl groups is 1. The molecule has 1 aliphatic carbocycles. The number of rotatable bonds is 2. The van der Waals surface area contributed by atoms with Crippen LogP contribution in [0.3, 0.4) is 0 Å². The average Bonchev–Trinajstić information content (AvgIpc) is 2.75. The second kappa shape index (κ2) is 5.54.